The third-order valence-electron chi connectivity index (χ3n) is 3.83. The molecule has 0 amide bonds. The minimum absolute atomic E-state index is 0.0754. The standard InChI is InChI=1S/C18H15NO4/c1-2-13-8-7-12(10-16(13)19(21)22)9-14-11-23-17-6-4-3-5-15(17)18(14)20/h3-10H,2,11H2,1H3. The minimum atomic E-state index is -0.394. The Hall–Kier alpha value is -2.95. The number of hydrogen-bond acceptors (Lipinski definition) is 4. The van der Waals surface area contributed by atoms with E-state index in [1.807, 2.05) is 13.0 Å². The Kier molecular flexibility index (Phi) is 3.93. The third kappa shape index (κ3) is 2.85. The number of nitrogens with zero attached hydrogens (tertiary/aromatic N) is 1. The first-order valence-electron chi connectivity index (χ1n) is 7.34. The molecule has 0 radical (unpaired) electrons. The number of para-hydroxylation sites is 1. The number of aryl methyl sites for hydroxylation is 1. The number of carbonyl (C=O) groups excluding carboxylic acids is 1. The second-order valence-corrected chi connectivity index (χ2v) is 5.28. The van der Waals surface area contributed by atoms with Gasteiger partial charge in [-0.2, -0.15) is 0 Å². The van der Waals surface area contributed by atoms with E-state index in [1.165, 1.54) is 6.07 Å². The Bertz CT molecular complexity index is 824. The fourth-order valence-corrected chi connectivity index (χ4v) is 2.62. The minimum Gasteiger partial charge on any atom is -0.488 e. The zero-order chi connectivity index (χ0) is 16.4. The van der Waals surface area contributed by atoms with E-state index in [9.17, 15) is 14.9 Å². The van der Waals surface area contributed by atoms with Gasteiger partial charge in [-0.25, -0.2) is 0 Å². The van der Waals surface area contributed by atoms with Crippen molar-refractivity contribution in [2.45, 2.75) is 13.3 Å². The van der Waals surface area contributed by atoms with Crippen LogP contribution in [0.5, 0.6) is 5.75 Å². The number of rotatable bonds is 3. The normalized spacial score (nSPS) is 15.2. The van der Waals surface area contributed by atoms with Crippen LogP contribution in [0.25, 0.3) is 6.08 Å². The van der Waals surface area contributed by atoms with Crippen LogP contribution in [-0.2, 0) is 6.42 Å². The predicted molar refractivity (Wildman–Crippen MR) is 86.7 cm³/mol. The highest BCUT2D eigenvalue weighted by atomic mass is 16.6. The topological polar surface area (TPSA) is 69.4 Å². The highest BCUT2D eigenvalue weighted by molar-refractivity contribution is 6.14. The van der Waals surface area contributed by atoms with E-state index in [-0.39, 0.29) is 18.1 Å². The Morgan fingerprint density at radius 3 is 2.78 bits per heavy atom. The van der Waals surface area contributed by atoms with Gasteiger partial charge in [0.1, 0.15) is 12.4 Å². The molecule has 0 N–H and O–H groups in total. The van der Waals surface area contributed by atoms with Gasteiger partial charge in [-0.15, -0.1) is 0 Å². The number of nitro benzene ring substituents is 1. The predicted octanol–water partition coefficient (Wildman–Crippen LogP) is 3.82. The van der Waals surface area contributed by atoms with Crippen LogP contribution in [-0.4, -0.2) is 17.3 Å². The van der Waals surface area contributed by atoms with Gasteiger partial charge in [0.15, 0.2) is 5.78 Å². The summed E-state index contributed by atoms with van der Waals surface area (Å²) in [5.41, 5.74) is 2.38. The average Bonchev–Trinajstić information content (AvgIpc) is 2.57. The highest BCUT2D eigenvalue weighted by Gasteiger charge is 2.23. The Balaban J connectivity index is 1.98. The van der Waals surface area contributed by atoms with Gasteiger partial charge in [0.05, 0.1) is 10.5 Å². The number of Topliss-reactive ketones (excluding diaryl/α,β-unsaturated/α-hetero) is 1. The molecule has 0 unspecified atom stereocenters. The van der Waals surface area contributed by atoms with Crippen molar-refractivity contribution in [1.29, 1.82) is 0 Å². The lowest BCUT2D eigenvalue weighted by Gasteiger charge is -2.18. The number of hydrogen-bond donors (Lipinski definition) is 0. The van der Waals surface area contributed by atoms with Crippen LogP contribution in [0.15, 0.2) is 48.0 Å². The molecule has 0 aromatic heterocycles. The van der Waals surface area contributed by atoms with Gasteiger partial charge in [-0.05, 0) is 30.2 Å². The molecule has 1 heterocycles. The first-order valence-corrected chi connectivity index (χ1v) is 7.34. The third-order valence-corrected chi connectivity index (χ3v) is 3.83. The molecule has 0 aliphatic carbocycles. The average molecular weight is 309 g/mol. The number of ether oxygens (including phenoxy) is 1. The molecule has 0 fully saturated rings. The molecule has 0 spiro atoms. The van der Waals surface area contributed by atoms with Gasteiger partial charge in [0.2, 0.25) is 0 Å². The van der Waals surface area contributed by atoms with Crippen LogP contribution >= 0.6 is 0 Å². The van der Waals surface area contributed by atoms with Gasteiger partial charge >= 0.3 is 0 Å². The molecule has 23 heavy (non-hydrogen) atoms. The van der Waals surface area contributed by atoms with Gasteiger partial charge in [-0.3, -0.25) is 14.9 Å². The first-order chi connectivity index (χ1) is 11.1. The van der Waals surface area contributed by atoms with E-state index in [0.29, 0.717) is 34.4 Å². The van der Waals surface area contributed by atoms with Crippen molar-refractivity contribution in [3.8, 4) is 5.75 Å². The number of ketones is 1. The monoisotopic (exact) mass is 309 g/mol. The zero-order valence-corrected chi connectivity index (χ0v) is 12.6. The maximum atomic E-state index is 12.5. The van der Waals surface area contributed by atoms with E-state index < -0.39 is 4.92 Å². The summed E-state index contributed by atoms with van der Waals surface area (Å²) < 4.78 is 5.58. The van der Waals surface area contributed by atoms with Gasteiger partial charge in [-0.1, -0.05) is 31.2 Å². The maximum absolute atomic E-state index is 12.5. The van der Waals surface area contributed by atoms with Crippen LogP contribution in [0.1, 0.15) is 28.4 Å². The van der Waals surface area contributed by atoms with Crippen LogP contribution in [0.4, 0.5) is 5.69 Å². The van der Waals surface area contributed by atoms with E-state index in [1.54, 1.807) is 36.4 Å². The fourth-order valence-electron chi connectivity index (χ4n) is 2.62. The van der Waals surface area contributed by atoms with Crippen molar-refractivity contribution in [2.75, 3.05) is 6.61 Å². The largest absolute Gasteiger partial charge is 0.488 e. The molecule has 3 rings (SSSR count). The molecule has 0 atom stereocenters. The number of nitro groups is 1. The summed E-state index contributed by atoms with van der Waals surface area (Å²) in [6.07, 6.45) is 2.24. The van der Waals surface area contributed by atoms with Crippen LogP contribution in [0.2, 0.25) is 0 Å². The summed E-state index contributed by atoms with van der Waals surface area (Å²) in [5, 5.41) is 11.1. The summed E-state index contributed by atoms with van der Waals surface area (Å²) in [5.74, 6) is 0.469. The Morgan fingerprint density at radius 2 is 2.04 bits per heavy atom. The zero-order valence-electron chi connectivity index (χ0n) is 12.6. The molecule has 5 heteroatoms. The molecule has 5 nitrogen and oxygen atoms in total. The van der Waals surface area contributed by atoms with E-state index >= 15 is 0 Å². The van der Waals surface area contributed by atoms with Crippen molar-refractivity contribution >= 4 is 17.5 Å². The van der Waals surface area contributed by atoms with Crippen molar-refractivity contribution in [1.82, 2.24) is 0 Å². The van der Waals surface area contributed by atoms with Crippen LogP contribution in [0.3, 0.4) is 0 Å². The molecule has 116 valence electrons. The molecule has 1 aliphatic rings. The summed E-state index contributed by atoms with van der Waals surface area (Å²) in [7, 11) is 0. The number of carbonyl (C=O) groups is 1. The summed E-state index contributed by atoms with van der Waals surface area (Å²) in [6, 6.07) is 12.1. The second-order valence-electron chi connectivity index (χ2n) is 5.28. The van der Waals surface area contributed by atoms with Crippen molar-refractivity contribution < 1.29 is 14.5 Å². The lowest BCUT2D eigenvalue weighted by molar-refractivity contribution is -0.385. The van der Waals surface area contributed by atoms with Gasteiger partial charge < -0.3 is 4.74 Å². The molecule has 0 saturated heterocycles. The quantitative estimate of drug-likeness (QED) is 0.491. The Morgan fingerprint density at radius 1 is 1.26 bits per heavy atom. The SMILES string of the molecule is CCc1ccc(C=C2COc3ccccc3C2=O)cc1[N+](=O)[O-]. The maximum Gasteiger partial charge on any atom is 0.273 e. The summed E-state index contributed by atoms with van der Waals surface area (Å²) in [6.45, 7) is 2.04. The first kappa shape index (κ1) is 15.0. The molecule has 0 bridgehead atoms. The lowest BCUT2D eigenvalue weighted by Crippen LogP contribution is -2.18. The summed E-state index contributed by atoms with van der Waals surface area (Å²) >= 11 is 0. The molecule has 0 saturated carbocycles. The van der Waals surface area contributed by atoms with E-state index in [0.717, 1.165) is 0 Å². The second kappa shape index (κ2) is 6.04. The molecular formula is C18H15NO4. The molecule has 2 aromatic carbocycles. The highest BCUT2D eigenvalue weighted by Crippen LogP contribution is 2.28. The smallest absolute Gasteiger partial charge is 0.273 e. The van der Waals surface area contributed by atoms with Gasteiger partial charge in [0.25, 0.3) is 5.69 Å². The van der Waals surface area contributed by atoms with Crippen LogP contribution in [0, 0.1) is 10.1 Å². The van der Waals surface area contributed by atoms with Crippen molar-refractivity contribution in [3.05, 3.63) is 74.8 Å². The number of benzene rings is 2. The van der Waals surface area contributed by atoms with Crippen molar-refractivity contribution in [2.24, 2.45) is 0 Å². The van der Waals surface area contributed by atoms with Crippen LogP contribution < -0.4 is 4.74 Å². The number of fused-ring (bicyclic) bond motifs is 1. The fraction of sp³-hybridized carbons (Fsp3) is 0.167. The molecule has 1 aliphatic heterocycles. The Labute approximate surface area is 133 Å². The van der Waals surface area contributed by atoms with Gasteiger partial charge in [0, 0.05) is 17.2 Å². The van der Waals surface area contributed by atoms with E-state index in [2.05, 4.69) is 0 Å². The van der Waals surface area contributed by atoms with Crippen molar-refractivity contribution in [3.63, 3.8) is 0 Å². The lowest BCUT2D eigenvalue weighted by atomic mass is 9.97. The molecular weight excluding hydrogens is 294 g/mol. The molecule has 2 aromatic rings. The summed E-state index contributed by atoms with van der Waals surface area (Å²) in [4.78, 5) is 23.2. The van der Waals surface area contributed by atoms with E-state index in [4.69, 9.17) is 4.74 Å².